The number of esters is 1. The second-order valence-corrected chi connectivity index (χ2v) is 8.67. The van der Waals surface area contributed by atoms with Crippen LogP contribution >= 0.6 is 0 Å². The van der Waals surface area contributed by atoms with E-state index in [1.165, 1.54) is 19.1 Å². The van der Waals surface area contributed by atoms with Crippen LogP contribution in [0.4, 0.5) is 4.79 Å². The molecular formula is C25H34N4O5. The zero-order valence-electron chi connectivity index (χ0n) is 20.4. The number of carbonyl (C=O) groups is 3. The van der Waals surface area contributed by atoms with Crippen molar-refractivity contribution in [3.63, 3.8) is 0 Å². The van der Waals surface area contributed by atoms with Crippen molar-refractivity contribution >= 4 is 23.8 Å². The van der Waals surface area contributed by atoms with E-state index in [0.717, 1.165) is 31.6 Å². The molecule has 0 aliphatic carbocycles. The molecule has 0 bridgehead atoms. The maximum Gasteiger partial charge on any atom is 0.415 e. The molecule has 9 heteroatoms. The van der Waals surface area contributed by atoms with Gasteiger partial charge < -0.3 is 19.7 Å². The quantitative estimate of drug-likeness (QED) is 0.485. The molecule has 34 heavy (non-hydrogen) atoms. The van der Waals surface area contributed by atoms with Crippen LogP contribution in [0, 0.1) is 0 Å². The van der Waals surface area contributed by atoms with E-state index < -0.39 is 11.5 Å². The largest absolute Gasteiger partial charge is 0.468 e. The molecule has 184 valence electrons. The first-order valence-electron chi connectivity index (χ1n) is 11.6. The van der Waals surface area contributed by atoms with Crippen LogP contribution in [0.5, 0.6) is 0 Å². The Hall–Kier alpha value is -3.20. The molecule has 0 saturated carbocycles. The lowest BCUT2D eigenvalue weighted by Gasteiger charge is -2.40. The molecule has 1 aromatic carbocycles. The first-order chi connectivity index (χ1) is 16.3. The van der Waals surface area contributed by atoms with Gasteiger partial charge in [0.2, 0.25) is 0 Å². The van der Waals surface area contributed by atoms with Crippen molar-refractivity contribution < 1.29 is 23.9 Å². The number of rotatable bonds is 7. The van der Waals surface area contributed by atoms with Gasteiger partial charge in [-0.25, -0.2) is 9.79 Å². The molecule has 0 radical (unpaired) electrons. The zero-order valence-corrected chi connectivity index (χ0v) is 20.4. The molecular weight excluding hydrogens is 436 g/mol. The van der Waals surface area contributed by atoms with Crippen LogP contribution in [0.2, 0.25) is 0 Å². The molecule has 1 saturated heterocycles. The first kappa shape index (κ1) is 25.4. The maximum atomic E-state index is 12.7. The van der Waals surface area contributed by atoms with E-state index in [9.17, 15) is 14.4 Å². The summed E-state index contributed by atoms with van der Waals surface area (Å²) in [4.78, 5) is 45.3. The van der Waals surface area contributed by atoms with Gasteiger partial charge >= 0.3 is 12.1 Å². The molecule has 0 atom stereocenters. The molecule has 0 unspecified atom stereocenters. The number of allylic oxidation sites excluding steroid dienone is 1. The monoisotopic (exact) mass is 470 g/mol. The van der Waals surface area contributed by atoms with Crippen LogP contribution in [0.25, 0.3) is 0 Å². The van der Waals surface area contributed by atoms with Crippen LogP contribution < -0.4 is 5.32 Å². The number of carbonyl (C=O) groups excluding carboxylic acids is 3. The standard InChI is InChI=1S/C25H34N4O5/c1-18-21(17-29(19(2)27-18)24(32)34-4)22(30)26-13-8-14-28-15-11-25(12-16-28,23(31)33-3)20-9-6-5-7-10-20/h5-7,9-10H,8,11-17H2,1-4H3,(H,26,30). The topological polar surface area (TPSA) is 101 Å². The molecule has 1 N–H and O–H groups in total. The van der Waals surface area contributed by atoms with E-state index in [1.807, 2.05) is 30.3 Å². The molecule has 2 aliphatic heterocycles. The van der Waals surface area contributed by atoms with Crippen LogP contribution in [0.3, 0.4) is 0 Å². The van der Waals surface area contributed by atoms with E-state index in [4.69, 9.17) is 9.47 Å². The predicted molar refractivity (Wildman–Crippen MR) is 128 cm³/mol. The Bertz CT molecular complexity index is 965. The number of hydrogen-bond acceptors (Lipinski definition) is 7. The van der Waals surface area contributed by atoms with Crippen molar-refractivity contribution in [3.8, 4) is 0 Å². The van der Waals surface area contributed by atoms with E-state index in [-0.39, 0.29) is 18.4 Å². The first-order valence-corrected chi connectivity index (χ1v) is 11.6. The number of nitrogens with one attached hydrogen (secondary N) is 1. The molecule has 1 fully saturated rings. The van der Waals surface area contributed by atoms with Gasteiger partial charge in [-0.15, -0.1) is 0 Å². The number of methoxy groups -OCH3 is 2. The minimum atomic E-state index is -0.601. The summed E-state index contributed by atoms with van der Waals surface area (Å²) in [5, 5.41) is 2.94. The third kappa shape index (κ3) is 5.47. The van der Waals surface area contributed by atoms with Gasteiger partial charge in [0.25, 0.3) is 5.91 Å². The number of aliphatic imine (C=N–C) groups is 1. The minimum absolute atomic E-state index is 0.140. The zero-order chi connectivity index (χ0) is 24.7. The van der Waals surface area contributed by atoms with Gasteiger partial charge in [0.15, 0.2) is 0 Å². The Labute approximate surface area is 200 Å². The highest BCUT2D eigenvalue weighted by molar-refractivity contribution is 6.01. The van der Waals surface area contributed by atoms with Crippen molar-refractivity contribution in [1.82, 2.24) is 15.1 Å². The average molecular weight is 471 g/mol. The molecule has 0 spiro atoms. The molecule has 3 rings (SSSR count). The van der Waals surface area contributed by atoms with Crippen molar-refractivity contribution in [2.75, 3.05) is 46.9 Å². The van der Waals surface area contributed by atoms with Gasteiger partial charge in [0.05, 0.1) is 31.8 Å². The summed E-state index contributed by atoms with van der Waals surface area (Å²) in [5.74, 6) is 0.0975. The van der Waals surface area contributed by atoms with Crippen LogP contribution in [0.1, 0.15) is 38.7 Å². The summed E-state index contributed by atoms with van der Waals surface area (Å²) >= 11 is 0. The summed E-state index contributed by atoms with van der Waals surface area (Å²) in [6.07, 6.45) is 1.63. The predicted octanol–water partition coefficient (Wildman–Crippen LogP) is 2.47. The Kier molecular flexibility index (Phi) is 8.44. The third-order valence-corrected chi connectivity index (χ3v) is 6.69. The number of nitrogens with zero attached hydrogens (tertiary/aromatic N) is 3. The van der Waals surface area contributed by atoms with Gasteiger partial charge in [0, 0.05) is 12.2 Å². The molecule has 1 aromatic rings. The summed E-state index contributed by atoms with van der Waals surface area (Å²) in [5.41, 5.74) is 1.46. The lowest BCUT2D eigenvalue weighted by molar-refractivity contribution is -0.149. The maximum absolute atomic E-state index is 12.7. The van der Waals surface area contributed by atoms with E-state index in [0.29, 0.717) is 36.5 Å². The third-order valence-electron chi connectivity index (χ3n) is 6.69. The van der Waals surface area contributed by atoms with Crippen LogP contribution in [-0.4, -0.2) is 80.5 Å². The minimum Gasteiger partial charge on any atom is -0.468 e. The molecule has 2 amide bonds. The molecule has 2 aliphatic rings. The van der Waals surface area contributed by atoms with Gasteiger partial charge in [-0.3, -0.25) is 14.5 Å². The highest BCUT2D eigenvalue weighted by Gasteiger charge is 2.43. The summed E-state index contributed by atoms with van der Waals surface area (Å²) in [6.45, 7) is 6.50. The fourth-order valence-electron chi connectivity index (χ4n) is 4.63. The second-order valence-electron chi connectivity index (χ2n) is 8.67. The van der Waals surface area contributed by atoms with Crippen molar-refractivity contribution in [2.45, 2.75) is 38.5 Å². The number of hydrogen-bond donors (Lipinski definition) is 1. The van der Waals surface area contributed by atoms with Crippen molar-refractivity contribution in [2.24, 2.45) is 4.99 Å². The molecule has 0 aromatic heterocycles. The average Bonchev–Trinajstić information content (AvgIpc) is 2.86. The number of likely N-dealkylation sites (tertiary alicyclic amines) is 1. The van der Waals surface area contributed by atoms with Gasteiger partial charge in [-0.2, -0.15) is 0 Å². The van der Waals surface area contributed by atoms with Crippen LogP contribution in [0.15, 0.2) is 46.6 Å². The molecule has 9 nitrogen and oxygen atoms in total. The lowest BCUT2D eigenvalue weighted by Crippen LogP contribution is -2.48. The smallest absolute Gasteiger partial charge is 0.415 e. The Morgan fingerprint density at radius 3 is 2.35 bits per heavy atom. The van der Waals surface area contributed by atoms with Gasteiger partial charge in [-0.05, 0) is 58.3 Å². The normalized spacial score (nSPS) is 18.2. The number of piperidine rings is 1. The fraction of sp³-hybridized carbons (Fsp3) is 0.520. The van der Waals surface area contributed by atoms with Gasteiger partial charge in [0.1, 0.15) is 5.84 Å². The summed E-state index contributed by atoms with van der Waals surface area (Å²) in [6, 6.07) is 9.85. The van der Waals surface area contributed by atoms with E-state index in [1.54, 1.807) is 13.8 Å². The number of amidine groups is 1. The Morgan fingerprint density at radius 1 is 1.06 bits per heavy atom. The molecule has 2 heterocycles. The van der Waals surface area contributed by atoms with Crippen LogP contribution in [-0.2, 0) is 24.5 Å². The summed E-state index contributed by atoms with van der Waals surface area (Å²) < 4.78 is 9.93. The van der Waals surface area contributed by atoms with Crippen molar-refractivity contribution in [3.05, 3.63) is 47.2 Å². The second kappa shape index (κ2) is 11.3. The number of ether oxygens (including phenoxy) is 2. The van der Waals surface area contributed by atoms with Gasteiger partial charge in [-0.1, -0.05) is 30.3 Å². The SMILES string of the molecule is COC(=O)N1CC(C(=O)NCCCN2CCC(C(=O)OC)(c3ccccc3)CC2)=C(C)N=C1C. The Balaban J connectivity index is 1.49. The van der Waals surface area contributed by atoms with E-state index in [2.05, 4.69) is 15.2 Å². The fourth-order valence-corrected chi connectivity index (χ4v) is 4.63. The highest BCUT2D eigenvalue weighted by Crippen LogP contribution is 2.36. The van der Waals surface area contributed by atoms with E-state index >= 15 is 0 Å². The number of benzene rings is 1. The summed E-state index contributed by atoms with van der Waals surface area (Å²) in [7, 11) is 2.75. The Morgan fingerprint density at radius 2 is 1.74 bits per heavy atom. The van der Waals surface area contributed by atoms with Crippen molar-refractivity contribution in [1.29, 1.82) is 0 Å². The number of amides is 2. The lowest BCUT2D eigenvalue weighted by atomic mass is 9.72. The highest BCUT2D eigenvalue weighted by atomic mass is 16.5.